The summed E-state index contributed by atoms with van der Waals surface area (Å²) in [7, 11) is 0. The normalized spacial score (nSPS) is 14.0. The van der Waals surface area contributed by atoms with Gasteiger partial charge in [-0.2, -0.15) is 5.10 Å². The average Bonchev–Trinajstić information content (AvgIpc) is 3.01. The first-order chi connectivity index (χ1) is 15.9. The minimum atomic E-state index is -0.214. The molecule has 0 aliphatic carbocycles. The quantitative estimate of drug-likeness (QED) is 0.510. The Morgan fingerprint density at radius 1 is 0.848 bits per heavy atom. The van der Waals surface area contributed by atoms with Crippen LogP contribution in [0, 0.1) is 13.8 Å². The molecule has 0 bridgehead atoms. The number of aryl methyl sites for hydroxylation is 1. The molecule has 1 aromatic heterocycles. The number of urea groups is 1. The predicted molar refractivity (Wildman–Crippen MR) is 132 cm³/mol. The second kappa shape index (κ2) is 10.1. The van der Waals surface area contributed by atoms with Crippen molar-refractivity contribution in [3.8, 4) is 5.69 Å². The Morgan fingerprint density at radius 3 is 1.97 bits per heavy atom. The van der Waals surface area contributed by atoms with Crippen LogP contribution in [0.15, 0.2) is 48.5 Å². The third kappa shape index (κ3) is 5.37. The van der Waals surface area contributed by atoms with Crippen molar-refractivity contribution in [2.75, 3.05) is 23.7 Å². The highest BCUT2D eigenvalue weighted by molar-refractivity contribution is 6.31. The maximum absolute atomic E-state index is 12.7. The number of likely N-dealkylation sites (tertiary alicyclic amines) is 1. The van der Waals surface area contributed by atoms with Gasteiger partial charge in [0, 0.05) is 30.0 Å². The summed E-state index contributed by atoms with van der Waals surface area (Å²) >= 11 is 6.23. The van der Waals surface area contributed by atoms with Gasteiger partial charge in [0.05, 0.1) is 22.1 Å². The van der Waals surface area contributed by atoms with Gasteiger partial charge in [0.25, 0.3) is 5.91 Å². The standard InChI is InChI=1S/C25H28ClN5O2/c1-17-23(26)18(2)31(29-17)22-13-7-19(8-14-22)24(32)27-20-9-11-21(12-10-20)28-25(33)30-15-5-3-4-6-16-30/h7-14H,3-6,15-16H2,1-2H3,(H,27,32)(H,28,33). The molecule has 4 rings (SSSR count). The average molecular weight is 466 g/mol. The molecule has 1 aliphatic heterocycles. The van der Waals surface area contributed by atoms with Crippen molar-refractivity contribution in [1.29, 1.82) is 0 Å². The van der Waals surface area contributed by atoms with Crippen LogP contribution in [0.1, 0.15) is 47.4 Å². The number of aromatic nitrogens is 2. The molecule has 1 aliphatic rings. The van der Waals surface area contributed by atoms with E-state index in [0.717, 1.165) is 43.0 Å². The molecule has 0 spiro atoms. The highest BCUT2D eigenvalue weighted by Crippen LogP contribution is 2.23. The molecule has 0 radical (unpaired) electrons. The van der Waals surface area contributed by atoms with Crippen molar-refractivity contribution >= 4 is 34.9 Å². The number of nitrogens with zero attached hydrogens (tertiary/aromatic N) is 3. The predicted octanol–water partition coefficient (Wildman–Crippen LogP) is 5.80. The van der Waals surface area contributed by atoms with Crippen LogP contribution in [0.2, 0.25) is 5.02 Å². The first kappa shape index (κ1) is 22.9. The van der Waals surface area contributed by atoms with Crippen molar-refractivity contribution in [2.24, 2.45) is 0 Å². The van der Waals surface area contributed by atoms with Crippen molar-refractivity contribution in [2.45, 2.75) is 39.5 Å². The van der Waals surface area contributed by atoms with Crippen LogP contribution in [-0.4, -0.2) is 39.7 Å². The molecule has 1 saturated heterocycles. The molecule has 0 atom stereocenters. The van der Waals surface area contributed by atoms with Gasteiger partial charge >= 0.3 is 6.03 Å². The fourth-order valence-corrected chi connectivity index (χ4v) is 4.06. The molecule has 0 unspecified atom stereocenters. The van der Waals surface area contributed by atoms with Crippen LogP contribution >= 0.6 is 11.6 Å². The molecule has 0 saturated carbocycles. The maximum Gasteiger partial charge on any atom is 0.321 e. The molecule has 3 aromatic rings. The number of amides is 3. The van der Waals surface area contributed by atoms with E-state index in [1.54, 1.807) is 41.1 Å². The van der Waals surface area contributed by atoms with Crippen LogP contribution in [0.4, 0.5) is 16.2 Å². The van der Waals surface area contributed by atoms with Gasteiger partial charge < -0.3 is 15.5 Å². The minimum absolute atomic E-state index is 0.0716. The number of nitrogens with one attached hydrogen (secondary N) is 2. The Balaban J connectivity index is 1.36. The van der Waals surface area contributed by atoms with Crippen LogP contribution < -0.4 is 10.6 Å². The fourth-order valence-electron chi connectivity index (χ4n) is 3.95. The monoisotopic (exact) mass is 465 g/mol. The molecule has 1 fully saturated rings. The van der Waals surface area contributed by atoms with Crippen molar-refractivity contribution in [3.05, 3.63) is 70.5 Å². The summed E-state index contributed by atoms with van der Waals surface area (Å²) in [6.45, 7) is 5.36. The Labute approximate surface area is 198 Å². The maximum atomic E-state index is 12.7. The molecule has 2 aromatic carbocycles. The third-order valence-electron chi connectivity index (χ3n) is 5.86. The molecule has 33 heavy (non-hydrogen) atoms. The Kier molecular flexibility index (Phi) is 6.99. The SMILES string of the molecule is Cc1nn(-c2ccc(C(=O)Nc3ccc(NC(=O)N4CCCCCC4)cc3)cc2)c(C)c1Cl. The molecule has 2 N–H and O–H groups in total. The van der Waals surface area contributed by atoms with Crippen molar-refractivity contribution in [1.82, 2.24) is 14.7 Å². The molecule has 172 valence electrons. The number of anilines is 2. The highest BCUT2D eigenvalue weighted by atomic mass is 35.5. The second-order valence-electron chi connectivity index (χ2n) is 8.31. The van der Waals surface area contributed by atoms with Gasteiger partial charge in [0.1, 0.15) is 0 Å². The summed E-state index contributed by atoms with van der Waals surface area (Å²) in [5.74, 6) is -0.214. The molecule has 7 nitrogen and oxygen atoms in total. The van der Waals surface area contributed by atoms with Crippen LogP contribution in [0.3, 0.4) is 0 Å². The Hall–Kier alpha value is -3.32. The zero-order valence-corrected chi connectivity index (χ0v) is 19.7. The zero-order valence-electron chi connectivity index (χ0n) is 18.9. The van der Waals surface area contributed by atoms with Gasteiger partial charge in [-0.1, -0.05) is 24.4 Å². The molecular weight excluding hydrogens is 438 g/mol. The number of hydrogen-bond acceptors (Lipinski definition) is 3. The summed E-state index contributed by atoms with van der Waals surface area (Å²) in [4.78, 5) is 27.0. The number of rotatable bonds is 4. The topological polar surface area (TPSA) is 79.3 Å². The molecule has 2 heterocycles. The Bertz CT molecular complexity index is 1130. The van der Waals surface area contributed by atoms with Crippen LogP contribution in [-0.2, 0) is 0 Å². The fraction of sp³-hybridized carbons (Fsp3) is 0.320. The second-order valence-corrected chi connectivity index (χ2v) is 8.68. The van der Waals surface area contributed by atoms with Gasteiger partial charge in [-0.05, 0) is 75.2 Å². The van der Waals surface area contributed by atoms with Gasteiger partial charge in [0.15, 0.2) is 0 Å². The molecule has 8 heteroatoms. The third-order valence-corrected chi connectivity index (χ3v) is 6.41. The summed E-state index contributed by atoms with van der Waals surface area (Å²) in [5.41, 5.74) is 4.35. The van der Waals surface area contributed by atoms with E-state index >= 15 is 0 Å². The van der Waals surface area contributed by atoms with Crippen LogP contribution in [0.25, 0.3) is 5.69 Å². The van der Waals surface area contributed by atoms with E-state index in [-0.39, 0.29) is 11.9 Å². The largest absolute Gasteiger partial charge is 0.325 e. The summed E-state index contributed by atoms with van der Waals surface area (Å²) in [6.07, 6.45) is 4.46. The van der Waals surface area contributed by atoms with E-state index in [1.165, 1.54) is 12.8 Å². The van der Waals surface area contributed by atoms with Gasteiger partial charge in [-0.15, -0.1) is 0 Å². The summed E-state index contributed by atoms with van der Waals surface area (Å²) < 4.78 is 1.76. The first-order valence-corrected chi connectivity index (χ1v) is 11.6. The smallest absolute Gasteiger partial charge is 0.321 e. The van der Waals surface area contributed by atoms with E-state index in [9.17, 15) is 9.59 Å². The number of carbonyl (C=O) groups is 2. The summed E-state index contributed by atoms with van der Waals surface area (Å²) in [6, 6.07) is 14.3. The minimum Gasteiger partial charge on any atom is -0.325 e. The van der Waals surface area contributed by atoms with E-state index in [0.29, 0.717) is 22.0 Å². The van der Waals surface area contributed by atoms with Crippen LogP contribution in [0.5, 0.6) is 0 Å². The lowest BCUT2D eigenvalue weighted by molar-refractivity contribution is 0.102. The lowest BCUT2D eigenvalue weighted by atomic mass is 10.2. The lowest BCUT2D eigenvalue weighted by Gasteiger charge is -2.20. The van der Waals surface area contributed by atoms with Gasteiger partial charge in [0.2, 0.25) is 0 Å². The van der Waals surface area contributed by atoms with Gasteiger partial charge in [-0.3, -0.25) is 4.79 Å². The number of halogens is 1. The molecule has 3 amide bonds. The van der Waals surface area contributed by atoms with Gasteiger partial charge in [-0.25, -0.2) is 9.48 Å². The first-order valence-electron chi connectivity index (χ1n) is 11.2. The molecular formula is C25H28ClN5O2. The van der Waals surface area contributed by atoms with Crippen molar-refractivity contribution in [3.63, 3.8) is 0 Å². The van der Waals surface area contributed by atoms with Crippen molar-refractivity contribution < 1.29 is 9.59 Å². The van der Waals surface area contributed by atoms with E-state index in [4.69, 9.17) is 11.6 Å². The number of benzene rings is 2. The van der Waals surface area contributed by atoms with E-state index < -0.39 is 0 Å². The lowest BCUT2D eigenvalue weighted by Crippen LogP contribution is -2.35. The number of hydrogen-bond donors (Lipinski definition) is 2. The number of carbonyl (C=O) groups excluding carboxylic acids is 2. The summed E-state index contributed by atoms with van der Waals surface area (Å²) in [5, 5.41) is 10.9. The Morgan fingerprint density at radius 2 is 1.42 bits per heavy atom. The highest BCUT2D eigenvalue weighted by Gasteiger charge is 2.16. The van der Waals surface area contributed by atoms with E-state index in [2.05, 4.69) is 15.7 Å². The zero-order chi connectivity index (χ0) is 23.4. The van der Waals surface area contributed by atoms with E-state index in [1.807, 2.05) is 30.9 Å².